The van der Waals surface area contributed by atoms with Crippen LogP contribution in [0.3, 0.4) is 0 Å². The first kappa shape index (κ1) is 12.6. The number of rotatable bonds is 3. The van der Waals surface area contributed by atoms with E-state index in [9.17, 15) is 0 Å². The van der Waals surface area contributed by atoms with Crippen molar-refractivity contribution in [1.82, 2.24) is 4.98 Å². The molecule has 0 fully saturated rings. The van der Waals surface area contributed by atoms with Crippen LogP contribution in [-0.2, 0) is 0 Å². The van der Waals surface area contributed by atoms with Gasteiger partial charge in [0.05, 0.1) is 29.2 Å². The fraction of sp³-hybridized carbons (Fsp3) is 0. The molecule has 4 aromatic rings. The zero-order valence-electron chi connectivity index (χ0n) is 11.7. The van der Waals surface area contributed by atoms with E-state index in [1.165, 1.54) is 0 Å². The molecule has 0 amide bonds. The van der Waals surface area contributed by atoms with Gasteiger partial charge < -0.3 is 4.42 Å². The molecule has 106 valence electrons. The SMILES string of the molecule is C(=NNc1c2ccccc2nc2ccccc12)c1ccco1. The van der Waals surface area contributed by atoms with E-state index in [-0.39, 0.29) is 0 Å². The number of fused-ring (bicyclic) bond motifs is 2. The molecule has 0 aliphatic carbocycles. The summed E-state index contributed by atoms with van der Waals surface area (Å²) in [4.78, 5) is 4.69. The molecule has 2 heterocycles. The van der Waals surface area contributed by atoms with Gasteiger partial charge in [-0.3, -0.25) is 5.43 Å². The number of nitrogens with one attached hydrogen (secondary N) is 1. The topological polar surface area (TPSA) is 50.4 Å². The smallest absolute Gasteiger partial charge is 0.146 e. The summed E-state index contributed by atoms with van der Waals surface area (Å²) >= 11 is 0. The van der Waals surface area contributed by atoms with Crippen LogP contribution in [0.4, 0.5) is 5.69 Å². The van der Waals surface area contributed by atoms with Crippen LogP contribution < -0.4 is 5.43 Å². The Morgan fingerprint density at radius 1 is 0.864 bits per heavy atom. The minimum atomic E-state index is 0.704. The van der Waals surface area contributed by atoms with Crippen LogP contribution in [0.2, 0.25) is 0 Å². The van der Waals surface area contributed by atoms with Crippen molar-refractivity contribution in [3.63, 3.8) is 0 Å². The standard InChI is InChI=1S/C18H13N3O/c1-3-9-16-14(7-1)18(15-8-2-4-10-17(15)20-16)21-19-12-13-6-5-11-22-13/h1-12H,(H,20,21). The lowest BCUT2D eigenvalue weighted by Crippen LogP contribution is -1.94. The third-order valence-electron chi connectivity index (χ3n) is 3.50. The van der Waals surface area contributed by atoms with Gasteiger partial charge in [-0.05, 0) is 24.3 Å². The summed E-state index contributed by atoms with van der Waals surface area (Å²) in [5.74, 6) is 0.704. The van der Waals surface area contributed by atoms with Crippen molar-refractivity contribution in [2.75, 3.05) is 5.43 Å². The van der Waals surface area contributed by atoms with Crippen molar-refractivity contribution < 1.29 is 4.42 Å². The van der Waals surface area contributed by atoms with Gasteiger partial charge >= 0.3 is 0 Å². The average Bonchev–Trinajstić information content (AvgIpc) is 3.07. The highest BCUT2D eigenvalue weighted by atomic mass is 16.3. The molecule has 2 aromatic heterocycles. The van der Waals surface area contributed by atoms with Gasteiger partial charge in [0, 0.05) is 10.8 Å². The summed E-state index contributed by atoms with van der Waals surface area (Å²) in [5, 5.41) is 6.37. The summed E-state index contributed by atoms with van der Waals surface area (Å²) in [7, 11) is 0. The number of pyridine rings is 1. The second-order valence-electron chi connectivity index (χ2n) is 4.91. The highest BCUT2D eigenvalue weighted by Crippen LogP contribution is 2.30. The zero-order valence-corrected chi connectivity index (χ0v) is 11.7. The Morgan fingerprint density at radius 3 is 2.18 bits per heavy atom. The van der Waals surface area contributed by atoms with Crippen molar-refractivity contribution >= 4 is 33.7 Å². The van der Waals surface area contributed by atoms with Gasteiger partial charge in [0.2, 0.25) is 0 Å². The molecule has 0 atom stereocenters. The average molecular weight is 287 g/mol. The van der Waals surface area contributed by atoms with E-state index in [2.05, 4.69) is 15.5 Å². The van der Waals surface area contributed by atoms with Crippen molar-refractivity contribution in [1.29, 1.82) is 0 Å². The first-order valence-corrected chi connectivity index (χ1v) is 7.02. The highest BCUT2D eigenvalue weighted by Gasteiger charge is 2.07. The number of aromatic nitrogens is 1. The molecule has 22 heavy (non-hydrogen) atoms. The normalized spacial score (nSPS) is 11.5. The Hall–Kier alpha value is -3.14. The first-order valence-electron chi connectivity index (χ1n) is 7.02. The monoisotopic (exact) mass is 287 g/mol. The van der Waals surface area contributed by atoms with Crippen LogP contribution in [-0.4, -0.2) is 11.2 Å². The van der Waals surface area contributed by atoms with Crippen molar-refractivity contribution in [3.05, 3.63) is 72.7 Å². The Morgan fingerprint density at radius 2 is 1.55 bits per heavy atom. The third-order valence-corrected chi connectivity index (χ3v) is 3.50. The minimum Gasteiger partial charge on any atom is -0.463 e. The van der Waals surface area contributed by atoms with E-state index < -0.39 is 0 Å². The summed E-state index contributed by atoms with van der Waals surface area (Å²) in [6.45, 7) is 0. The van der Waals surface area contributed by atoms with E-state index in [0.29, 0.717) is 5.76 Å². The van der Waals surface area contributed by atoms with Crippen LogP contribution in [0.25, 0.3) is 21.8 Å². The molecule has 4 nitrogen and oxygen atoms in total. The van der Waals surface area contributed by atoms with Crippen LogP contribution in [0.1, 0.15) is 5.76 Å². The second kappa shape index (κ2) is 5.33. The maximum absolute atomic E-state index is 5.24. The predicted molar refractivity (Wildman–Crippen MR) is 89.2 cm³/mol. The molecule has 0 spiro atoms. The van der Waals surface area contributed by atoms with E-state index in [4.69, 9.17) is 4.42 Å². The van der Waals surface area contributed by atoms with Crippen LogP contribution >= 0.6 is 0 Å². The Bertz CT molecular complexity index is 905. The zero-order chi connectivity index (χ0) is 14.8. The number of anilines is 1. The fourth-order valence-electron chi connectivity index (χ4n) is 2.49. The van der Waals surface area contributed by atoms with Crippen molar-refractivity contribution in [2.24, 2.45) is 5.10 Å². The van der Waals surface area contributed by atoms with E-state index in [0.717, 1.165) is 27.5 Å². The second-order valence-corrected chi connectivity index (χ2v) is 4.91. The van der Waals surface area contributed by atoms with Gasteiger partial charge in [-0.25, -0.2) is 4.98 Å². The molecule has 2 aromatic carbocycles. The largest absolute Gasteiger partial charge is 0.463 e. The molecule has 0 bridgehead atoms. The lowest BCUT2D eigenvalue weighted by molar-refractivity contribution is 0.560. The summed E-state index contributed by atoms with van der Waals surface area (Å²) in [5.41, 5.74) is 5.97. The van der Waals surface area contributed by atoms with Crippen LogP contribution in [0, 0.1) is 0 Å². The Labute approximate surface area is 127 Å². The lowest BCUT2D eigenvalue weighted by atomic mass is 10.1. The Balaban J connectivity index is 1.85. The number of nitrogens with zero attached hydrogens (tertiary/aromatic N) is 2. The first-order chi connectivity index (χ1) is 10.9. The number of benzene rings is 2. The fourth-order valence-corrected chi connectivity index (χ4v) is 2.49. The number of hydrogen-bond acceptors (Lipinski definition) is 4. The lowest BCUT2D eigenvalue weighted by Gasteiger charge is -2.09. The summed E-state index contributed by atoms with van der Waals surface area (Å²) in [6, 6.07) is 19.7. The molecular formula is C18H13N3O. The summed E-state index contributed by atoms with van der Waals surface area (Å²) in [6.07, 6.45) is 3.28. The van der Waals surface area contributed by atoms with Crippen molar-refractivity contribution in [2.45, 2.75) is 0 Å². The third kappa shape index (κ3) is 2.20. The molecule has 1 N–H and O–H groups in total. The quantitative estimate of drug-likeness (QED) is 0.344. The van der Waals surface area contributed by atoms with Gasteiger partial charge in [0.25, 0.3) is 0 Å². The summed E-state index contributed by atoms with van der Waals surface area (Å²) < 4.78 is 5.24. The number of hydrazone groups is 1. The van der Waals surface area contributed by atoms with Gasteiger partial charge in [0.15, 0.2) is 0 Å². The number of para-hydroxylation sites is 2. The molecule has 4 rings (SSSR count). The number of hydrogen-bond donors (Lipinski definition) is 1. The molecular weight excluding hydrogens is 274 g/mol. The van der Waals surface area contributed by atoms with Crippen molar-refractivity contribution in [3.8, 4) is 0 Å². The van der Waals surface area contributed by atoms with Gasteiger partial charge in [-0.15, -0.1) is 0 Å². The highest BCUT2D eigenvalue weighted by molar-refractivity contribution is 6.07. The number of furan rings is 1. The minimum absolute atomic E-state index is 0.704. The molecule has 0 aliphatic heterocycles. The van der Waals surface area contributed by atoms with E-state index in [1.807, 2.05) is 60.7 Å². The maximum atomic E-state index is 5.24. The van der Waals surface area contributed by atoms with E-state index in [1.54, 1.807) is 12.5 Å². The van der Waals surface area contributed by atoms with Crippen LogP contribution in [0.15, 0.2) is 76.4 Å². The molecule has 0 radical (unpaired) electrons. The molecule has 0 saturated heterocycles. The maximum Gasteiger partial charge on any atom is 0.146 e. The van der Waals surface area contributed by atoms with Gasteiger partial charge in [-0.1, -0.05) is 36.4 Å². The molecule has 0 saturated carbocycles. The van der Waals surface area contributed by atoms with Crippen LogP contribution in [0.5, 0.6) is 0 Å². The van der Waals surface area contributed by atoms with Gasteiger partial charge in [-0.2, -0.15) is 5.10 Å². The predicted octanol–water partition coefficient (Wildman–Crippen LogP) is 4.43. The van der Waals surface area contributed by atoms with E-state index >= 15 is 0 Å². The molecule has 0 unspecified atom stereocenters. The Kier molecular flexibility index (Phi) is 3.05. The molecule has 0 aliphatic rings. The van der Waals surface area contributed by atoms with Gasteiger partial charge in [0.1, 0.15) is 5.76 Å². The molecule has 4 heteroatoms.